The van der Waals surface area contributed by atoms with Gasteiger partial charge in [0.05, 0.1) is 6.04 Å². The van der Waals surface area contributed by atoms with Gasteiger partial charge in [-0.1, -0.05) is 31.2 Å². The lowest BCUT2D eigenvalue weighted by Crippen LogP contribution is -2.37. The summed E-state index contributed by atoms with van der Waals surface area (Å²) in [7, 11) is 1.67. The molecule has 1 aliphatic heterocycles. The average Bonchev–Trinajstić information content (AvgIpc) is 2.43. The fourth-order valence-corrected chi connectivity index (χ4v) is 2.48. The highest BCUT2D eigenvalue weighted by molar-refractivity contribution is 5.87. The summed E-state index contributed by atoms with van der Waals surface area (Å²) in [5.74, 6) is 0.313. The van der Waals surface area contributed by atoms with Crippen LogP contribution in [0.5, 0.6) is 0 Å². The van der Waals surface area contributed by atoms with Gasteiger partial charge < -0.3 is 10.1 Å². The molecular formula is C15H21NO2. The number of benzene rings is 1. The van der Waals surface area contributed by atoms with Crippen molar-refractivity contribution in [3.8, 4) is 0 Å². The Kier molecular flexibility index (Phi) is 4.50. The summed E-state index contributed by atoms with van der Waals surface area (Å²) in [4.78, 5) is 12.4. The van der Waals surface area contributed by atoms with E-state index in [1.165, 1.54) is 5.56 Å². The molecule has 1 aromatic carbocycles. The van der Waals surface area contributed by atoms with Crippen LogP contribution in [0.25, 0.3) is 0 Å². The predicted molar refractivity (Wildman–Crippen MR) is 71.6 cm³/mol. The summed E-state index contributed by atoms with van der Waals surface area (Å²) in [6, 6.07) is 8.09. The molecule has 2 unspecified atom stereocenters. The second-order valence-corrected chi connectivity index (χ2v) is 4.92. The van der Waals surface area contributed by atoms with E-state index < -0.39 is 0 Å². The molecule has 0 saturated heterocycles. The lowest BCUT2D eigenvalue weighted by Gasteiger charge is -2.27. The quantitative estimate of drug-likeness (QED) is 0.866. The Bertz CT molecular complexity index is 417. The molecule has 3 nitrogen and oxygen atoms in total. The van der Waals surface area contributed by atoms with Crippen LogP contribution < -0.4 is 5.32 Å². The van der Waals surface area contributed by atoms with Gasteiger partial charge in [-0.25, -0.2) is 0 Å². The second-order valence-electron chi connectivity index (χ2n) is 4.92. The van der Waals surface area contributed by atoms with Crippen molar-refractivity contribution in [2.45, 2.75) is 25.8 Å². The van der Waals surface area contributed by atoms with Gasteiger partial charge >= 0.3 is 0 Å². The highest BCUT2D eigenvalue weighted by Crippen LogP contribution is 2.26. The third kappa shape index (κ3) is 2.79. The highest BCUT2D eigenvalue weighted by Gasteiger charge is 2.28. The van der Waals surface area contributed by atoms with E-state index in [1.54, 1.807) is 7.11 Å². The number of fused-ring (bicyclic) bond motifs is 1. The standard InChI is InChI=1S/C15H21NO2/c1-11(8-10-18-2)15(17)14-13-6-4-3-5-12(13)7-9-16-14/h3-6,11,14,16H,7-10H2,1-2H3. The van der Waals surface area contributed by atoms with Gasteiger partial charge in [-0.2, -0.15) is 0 Å². The zero-order chi connectivity index (χ0) is 13.0. The molecule has 0 saturated carbocycles. The molecule has 0 aromatic heterocycles. The van der Waals surface area contributed by atoms with Gasteiger partial charge in [0.15, 0.2) is 5.78 Å². The van der Waals surface area contributed by atoms with E-state index in [0.717, 1.165) is 24.9 Å². The molecule has 98 valence electrons. The molecule has 0 aliphatic carbocycles. The summed E-state index contributed by atoms with van der Waals surface area (Å²) >= 11 is 0. The van der Waals surface area contributed by atoms with Gasteiger partial charge in [0, 0.05) is 26.2 Å². The number of hydrogen-bond acceptors (Lipinski definition) is 3. The normalized spacial score (nSPS) is 20.2. The lowest BCUT2D eigenvalue weighted by molar-refractivity contribution is -0.125. The Morgan fingerprint density at radius 3 is 3.06 bits per heavy atom. The van der Waals surface area contributed by atoms with Crippen LogP contribution in [0.4, 0.5) is 0 Å². The molecule has 2 rings (SSSR count). The van der Waals surface area contributed by atoms with Crippen molar-refractivity contribution in [3.63, 3.8) is 0 Å². The molecule has 0 fully saturated rings. The summed E-state index contributed by atoms with van der Waals surface area (Å²) in [5.41, 5.74) is 2.45. The van der Waals surface area contributed by atoms with Crippen molar-refractivity contribution in [1.29, 1.82) is 0 Å². The topological polar surface area (TPSA) is 38.3 Å². The number of ketones is 1. The Hall–Kier alpha value is -1.19. The SMILES string of the molecule is COCCC(C)C(=O)C1NCCc2ccccc21. The third-order valence-electron chi connectivity index (χ3n) is 3.63. The molecule has 1 N–H and O–H groups in total. The van der Waals surface area contributed by atoms with E-state index >= 15 is 0 Å². The molecule has 0 bridgehead atoms. The molecule has 3 heteroatoms. The number of nitrogens with one attached hydrogen (secondary N) is 1. The Balaban J connectivity index is 2.12. The van der Waals surface area contributed by atoms with Crippen LogP contribution in [0, 0.1) is 5.92 Å². The first-order valence-corrected chi connectivity index (χ1v) is 6.58. The zero-order valence-electron chi connectivity index (χ0n) is 11.1. The van der Waals surface area contributed by atoms with Gasteiger partial charge in [-0.15, -0.1) is 0 Å². The number of methoxy groups -OCH3 is 1. The van der Waals surface area contributed by atoms with Crippen LogP contribution in [0.3, 0.4) is 0 Å². The first-order chi connectivity index (χ1) is 8.74. The minimum atomic E-state index is -0.137. The van der Waals surface area contributed by atoms with Crippen LogP contribution in [0.15, 0.2) is 24.3 Å². The Morgan fingerprint density at radius 1 is 1.50 bits per heavy atom. The van der Waals surface area contributed by atoms with Crippen LogP contribution in [0.1, 0.15) is 30.5 Å². The van der Waals surface area contributed by atoms with Crippen LogP contribution in [-0.2, 0) is 16.0 Å². The van der Waals surface area contributed by atoms with E-state index in [9.17, 15) is 4.79 Å². The van der Waals surface area contributed by atoms with Crippen molar-refractivity contribution < 1.29 is 9.53 Å². The second kappa shape index (κ2) is 6.12. The molecule has 18 heavy (non-hydrogen) atoms. The first-order valence-electron chi connectivity index (χ1n) is 6.58. The van der Waals surface area contributed by atoms with Crippen LogP contribution in [-0.4, -0.2) is 26.0 Å². The highest BCUT2D eigenvalue weighted by atomic mass is 16.5. The number of rotatable bonds is 5. The van der Waals surface area contributed by atoms with Crippen LogP contribution in [0.2, 0.25) is 0 Å². The number of carbonyl (C=O) groups is 1. The van der Waals surface area contributed by atoms with E-state index in [1.807, 2.05) is 19.1 Å². The van der Waals surface area contributed by atoms with Gasteiger partial charge in [-0.3, -0.25) is 4.79 Å². The van der Waals surface area contributed by atoms with Crippen molar-refractivity contribution >= 4 is 5.78 Å². The van der Waals surface area contributed by atoms with Gasteiger partial charge in [0.25, 0.3) is 0 Å². The summed E-state index contributed by atoms with van der Waals surface area (Å²) < 4.78 is 5.05. The molecular weight excluding hydrogens is 226 g/mol. The monoisotopic (exact) mass is 247 g/mol. The molecule has 1 heterocycles. The number of ether oxygens (including phenoxy) is 1. The maximum Gasteiger partial charge on any atom is 0.157 e. The van der Waals surface area contributed by atoms with Crippen molar-refractivity contribution in [2.24, 2.45) is 5.92 Å². The minimum Gasteiger partial charge on any atom is -0.385 e. The van der Waals surface area contributed by atoms with Crippen molar-refractivity contribution in [3.05, 3.63) is 35.4 Å². The van der Waals surface area contributed by atoms with Gasteiger partial charge in [-0.05, 0) is 24.0 Å². The number of carbonyl (C=O) groups excluding carboxylic acids is 1. The smallest absolute Gasteiger partial charge is 0.157 e. The van der Waals surface area contributed by atoms with Gasteiger partial charge in [0.2, 0.25) is 0 Å². The molecule has 0 radical (unpaired) electrons. The largest absolute Gasteiger partial charge is 0.385 e. The summed E-state index contributed by atoms with van der Waals surface area (Å²) in [6.45, 7) is 3.51. The molecule has 2 atom stereocenters. The van der Waals surface area contributed by atoms with Crippen molar-refractivity contribution in [2.75, 3.05) is 20.3 Å². The maximum absolute atomic E-state index is 12.4. The molecule has 0 amide bonds. The number of hydrogen-bond donors (Lipinski definition) is 1. The van der Waals surface area contributed by atoms with E-state index in [-0.39, 0.29) is 17.7 Å². The fourth-order valence-electron chi connectivity index (χ4n) is 2.48. The average molecular weight is 247 g/mol. The lowest BCUT2D eigenvalue weighted by atomic mass is 9.87. The summed E-state index contributed by atoms with van der Waals surface area (Å²) in [5, 5.41) is 3.34. The Morgan fingerprint density at radius 2 is 2.28 bits per heavy atom. The van der Waals surface area contributed by atoms with E-state index in [2.05, 4.69) is 17.4 Å². The van der Waals surface area contributed by atoms with Crippen molar-refractivity contribution in [1.82, 2.24) is 5.32 Å². The molecule has 0 spiro atoms. The van der Waals surface area contributed by atoms with E-state index in [4.69, 9.17) is 4.74 Å². The molecule has 1 aliphatic rings. The molecule has 1 aromatic rings. The zero-order valence-corrected chi connectivity index (χ0v) is 11.1. The van der Waals surface area contributed by atoms with Crippen LogP contribution >= 0.6 is 0 Å². The fraction of sp³-hybridized carbons (Fsp3) is 0.533. The maximum atomic E-state index is 12.4. The predicted octanol–water partition coefficient (Wildman–Crippen LogP) is 2.12. The number of Topliss-reactive ketones (excluding diaryl/α,β-unsaturated/α-hetero) is 1. The van der Waals surface area contributed by atoms with Gasteiger partial charge in [0.1, 0.15) is 0 Å². The Labute approximate surface area is 109 Å². The minimum absolute atomic E-state index is 0.0357. The third-order valence-corrected chi connectivity index (χ3v) is 3.63. The first kappa shape index (κ1) is 13.2. The summed E-state index contributed by atoms with van der Waals surface area (Å²) in [6.07, 6.45) is 1.79. The van der Waals surface area contributed by atoms with E-state index in [0.29, 0.717) is 6.61 Å².